The van der Waals surface area contributed by atoms with Crippen molar-refractivity contribution in [3.63, 3.8) is 0 Å². The van der Waals surface area contributed by atoms with Crippen molar-refractivity contribution in [1.82, 2.24) is 5.32 Å². The molecule has 0 spiro atoms. The molecule has 3 atom stereocenters. The lowest BCUT2D eigenvalue weighted by Crippen LogP contribution is -2.43. The van der Waals surface area contributed by atoms with Crippen molar-refractivity contribution in [3.05, 3.63) is 52.4 Å². The van der Waals surface area contributed by atoms with Gasteiger partial charge in [-0.1, -0.05) is 44.5 Å². The molecule has 0 bridgehead atoms. The predicted octanol–water partition coefficient (Wildman–Crippen LogP) is 5.76. The highest BCUT2D eigenvalue weighted by molar-refractivity contribution is 8.04. The Kier molecular flexibility index (Phi) is 7.75. The van der Waals surface area contributed by atoms with Gasteiger partial charge in [0.15, 0.2) is 11.5 Å². The first kappa shape index (κ1) is 25.2. The molecule has 3 unspecified atom stereocenters. The highest BCUT2D eigenvalue weighted by atomic mass is 32.2. The number of fused-ring (bicyclic) bond motifs is 1. The average Bonchev–Trinajstić information content (AvgIpc) is 2.86. The molecule has 1 N–H and O–H groups in total. The summed E-state index contributed by atoms with van der Waals surface area (Å²) in [5.41, 5.74) is 2.18. The van der Waals surface area contributed by atoms with E-state index in [4.69, 9.17) is 9.47 Å². The minimum absolute atomic E-state index is 0.0765. The Hall–Kier alpha value is -2.93. The SMILES string of the molecule is CCOc1ccc(/C=C2/Sc3ccc(C(=O)NC4CCCC(C)C4C)cc3N(C)C2=O)cc1OC. The van der Waals surface area contributed by atoms with Crippen LogP contribution in [-0.2, 0) is 4.79 Å². The van der Waals surface area contributed by atoms with Gasteiger partial charge in [-0.2, -0.15) is 0 Å². The number of amides is 2. The van der Waals surface area contributed by atoms with Gasteiger partial charge in [-0.3, -0.25) is 9.59 Å². The topological polar surface area (TPSA) is 67.9 Å². The zero-order valence-corrected chi connectivity index (χ0v) is 21.9. The maximum absolute atomic E-state index is 13.2. The molecule has 2 amide bonds. The fourth-order valence-corrected chi connectivity index (χ4v) is 5.87. The minimum atomic E-state index is -0.109. The Morgan fingerprint density at radius 2 is 1.97 bits per heavy atom. The molecular formula is C28H34N2O4S. The number of carbonyl (C=O) groups is 2. The molecule has 2 aliphatic rings. The van der Waals surface area contributed by atoms with Gasteiger partial charge in [0, 0.05) is 23.5 Å². The molecule has 7 heteroatoms. The van der Waals surface area contributed by atoms with Crippen LogP contribution in [0.3, 0.4) is 0 Å². The van der Waals surface area contributed by atoms with E-state index in [9.17, 15) is 9.59 Å². The Morgan fingerprint density at radius 1 is 1.17 bits per heavy atom. The molecule has 0 aromatic heterocycles. The van der Waals surface area contributed by atoms with Gasteiger partial charge in [-0.25, -0.2) is 0 Å². The normalized spacial score (nSPS) is 23.1. The highest BCUT2D eigenvalue weighted by Crippen LogP contribution is 2.42. The van der Waals surface area contributed by atoms with Gasteiger partial charge in [0.2, 0.25) is 0 Å². The van der Waals surface area contributed by atoms with Crippen LogP contribution in [-0.4, -0.2) is 38.6 Å². The zero-order valence-electron chi connectivity index (χ0n) is 21.1. The van der Waals surface area contributed by atoms with E-state index in [0.29, 0.717) is 40.4 Å². The Morgan fingerprint density at radius 3 is 2.71 bits per heavy atom. The lowest BCUT2D eigenvalue weighted by Gasteiger charge is -2.34. The monoisotopic (exact) mass is 494 g/mol. The molecule has 6 nitrogen and oxygen atoms in total. The van der Waals surface area contributed by atoms with Crippen molar-refractivity contribution in [3.8, 4) is 11.5 Å². The molecule has 2 aromatic carbocycles. The first-order valence-electron chi connectivity index (χ1n) is 12.3. The van der Waals surface area contributed by atoms with Crippen molar-refractivity contribution in [2.75, 3.05) is 25.7 Å². The van der Waals surface area contributed by atoms with Crippen LogP contribution in [0.1, 0.15) is 56.0 Å². The largest absolute Gasteiger partial charge is 0.493 e. The number of likely N-dealkylation sites (N-methyl/N-ethyl adjacent to an activating group) is 1. The van der Waals surface area contributed by atoms with Gasteiger partial charge in [-0.15, -0.1) is 0 Å². The second kappa shape index (κ2) is 10.8. The first-order valence-corrected chi connectivity index (χ1v) is 13.1. The maximum atomic E-state index is 13.2. The van der Waals surface area contributed by atoms with Crippen LogP contribution >= 0.6 is 11.8 Å². The third-order valence-electron chi connectivity index (χ3n) is 7.13. The summed E-state index contributed by atoms with van der Waals surface area (Å²) in [6, 6.07) is 11.4. The molecule has 1 saturated carbocycles. The van der Waals surface area contributed by atoms with Crippen LogP contribution in [0.25, 0.3) is 6.08 Å². The van der Waals surface area contributed by atoms with E-state index < -0.39 is 0 Å². The van der Waals surface area contributed by atoms with Crippen LogP contribution < -0.4 is 19.7 Å². The summed E-state index contributed by atoms with van der Waals surface area (Å²) in [5.74, 6) is 2.18. The van der Waals surface area contributed by atoms with Crippen LogP contribution in [0.15, 0.2) is 46.2 Å². The third kappa shape index (κ3) is 5.35. The van der Waals surface area contributed by atoms with Crippen LogP contribution in [0.4, 0.5) is 5.69 Å². The number of benzene rings is 2. The smallest absolute Gasteiger partial charge is 0.264 e. The van der Waals surface area contributed by atoms with Crippen LogP contribution in [0.5, 0.6) is 11.5 Å². The second-order valence-electron chi connectivity index (χ2n) is 9.35. The highest BCUT2D eigenvalue weighted by Gasteiger charge is 2.30. The van der Waals surface area contributed by atoms with E-state index in [-0.39, 0.29) is 17.9 Å². The van der Waals surface area contributed by atoms with Crippen molar-refractivity contribution >= 4 is 35.3 Å². The number of rotatable bonds is 6. The number of hydrogen-bond donors (Lipinski definition) is 1. The number of anilines is 1. The average molecular weight is 495 g/mol. The van der Waals surface area contributed by atoms with Gasteiger partial charge in [-0.05, 0) is 67.2 Å². The number of hydrogen-bond acceptors (Lipinski definition) is 5. The number of methoxy groups -OCH3 is 1. The number of ether oxygens (including phenoxy) is 2. The molecule has 1 aliphatic heterocycles. The van der Waals surface area contributed by atoms with E-state index in [0.717, 1.165) is 29.0 Å². The van der Waals surface area contributed by atoms with Crippen molar-refractivity contribution < 1.29 is 19.1 Å². The second-order valence-corrected chi connectivity index (χ2v) is 10.4. The molecule has 35 heavy (non-hydrogen) atoms. The Labute approximate surface area is 212 Å². The summed E-state index contributed by atoms with van der Waals surface area (Å²) in [6.07, 6.45) is 5.23. The quantitative estimate of drug-likeness (QED) is 0.517. The number of nitrogens with zero attached hydrogens (tertiary/aromatic N) is 1. The van der Waals surface area contributed by atoms with E-state index in [1.54, 1.807) is 19.1 Å². The molecule has 0 saturated heterocycles. The lowest BCUT2D eigenvalue weighted by molar-refractivity contribution is -0.114. The van der Waals surface area contributed by atoms with Crippen molar-refractivity contribution in [1.29, 1.82) is 0 Å². The lowest BCUT2D eigenvalue weighted by atomic mass is 9.78. The number of thioether (sulfide) groups is 1. The summed E-state index contributed by atoms with van der Waals surface area (Å²) >= 11 is 1.41. The Bertz CT molecular complexity index is 1150. The fourth-order valence-electron chi connectivity index (χ4n) is 4.77. The molecule has 4 rings (SSSR count). The zero-order chi connectivity index (χ0) is 25.1. The molecule has 186 valence electrons. The predicted molar refractivity (Wildman–Crippen MR) is 141 cm³/mol. The van der Waals surface area contributed by atoms with Gasteiger partial charge >= 0.3 is 0 Å². The Balaban J connectivity index is 1.54. The maximum Gasteiger partial charge on any atom is 0.264 e. The summed E-state index contributed by atoms with van der Waals surface area (Å²) in [4.78, 5) is 29.4. The summed E-state index contributed by atoms with van der Waals surface area (Å²) in [6.45, 7) is 6.95. The van der Waals surface area contributed by atoms with E-state index in [1.165, 1.54) is 18.2 Å². The molecule has 2 aromatic rings. The molecule has 0 radical (unpaired) electrons. The van der Waals surface area contributed by atoms with E-state index in [1.807, 2.05) is 49.4 Å². The van der Waals surface area contributed by atoms with Crippen LogP contribution in [0.2, 0.25) is 0 Å². The van der Waals surface area contributed by atoms with Crippen LogP contribution in [0, 0.1) is 11.8 Å². The van der Waals surface area contributed by atoms with Gasteiger partial charge in [0.05, 0.1) is 24.3 Å². The van der Waals surface area contributed by atoms with Crippen molar-refractivity contribution in [2.24, 2.45) is 11.8 Å². The summed E-state index contributed by atoms with van der Waals surface area (Å²) in [5, 5.41) is 3.23. The van der Waals surface area contributed by atoms with Gasteiger partial charge < -0.3 is 19.7 Å². The van der Waals surface area contributed by atoms with E-state index in [2.05, 4.69) is 19.2 Å². The molecule has 1 fully saturated rings. The van der Waals surface area contributed by atoms with Gasteiger partial charge in [0.1, 0.15) is 0 Å². The summed E-state index contributed by atoms with van der Waals surface area (Å²) < 4.78 is 11.0. The molecule has 1 aliphatic carbocycles. The molecule has 1 heterocycles. The minimum Gasteiger partial charge on any atom is -0.493 e. The number of nitrogens with one attached hydrogen (secondary N) is 1. The number of carbonyl (C=O) groups excluding carboxylic acids is 2. The molecular weight excluding hydrogens is 460 g/mol. The van der Waals surface area contributed by atoms with E-state index >= 15 is 0 Å². The van der Waals surface area contributed by atoms with Gasteiger partial charge in [0.25, 0.3) is 11.8 Å². The fraction of sp³-hybridized carbons (Fsp3) is 0.429. The third-order valence-corrected chi connectivity index (χ3v) is 8.20. The van der Waals surface area contributed by atoms with Crippen molar-refractivity contribution in [2.45, 2.75) is 51.0 Å². The summed E-state index contributed by atoms with van der Waals surface area (Å²) in [7, 11) is 3.35. The first-order chi connectivity index (χ1) is 16.8. The standard InChI is InChI=1S/C28H34N2O4S/c1-6-34-23-12-10-19(14-24(23)33-5)15-26-28(32)30(4)22-16-20(11-13-25(22)35-26)27(31)29-21-9-7-8-17(2)18(21)3/h10-18,21H,6-9H2,1-5H3,(H,29,31)/b26-15+.